The number of likely N-dealkylation sites (tertiary alicyclic amines) is 1. The Kier molecular flexibility index (Phi) is 4.22. The second kappa shape index (κ2) is 6.67. The van der Waals surface area contributed by atoms with Crippen LogP contribution in [0, 0.1) is 0 Å². The molecule has 2 aromatic rings. The number of rotatable bonds is 3. The Morgan fingerprint density at radius 1 is 1.24 bits per heavy atom. The zero-order chi connectivity index (χ0) is 17.2. The second-order valence-corrected chi connectivity index (χ2v) is 6.59. The van der Waals surface area contributed by atoms with Crippen LogP contribution in [0.1, 0.15) is 23.5 Å². The molecule has 2 aliphatic rings. The number of methoxy groups -OCH3 is 1. The minimum Gasteiger partial charge on any atom is -0.497 e. The molecule has 0 spiro atoms. The van der Waals surface area contributed by atoms with Gasteiger partial charge in [-0.2, -0.15) is 0 Å². The molecule has 1 N–H and O–H groups in total. The summed E-state index contributed by atoms with van der Waals surface area (Å²) in [4.78, 5) is 14.3. The van der Waals surface area contributed by atoms with Crippen LogP contribution in [0.3, 0.4) is 0 Å². The fourth-order valence-corrected chi connectivity index (χ4v) is 3.72. The summed E-state index contributed by atoms with van der Waals surface area (Å²) in [5, 5.41) is 3.57. The molecule has 0 saturated carbocycles. The van der Waals surface area contributed by atoms with E-state index >= 15 is 0 Å². The summed E-state index contributed by atoms with van der Waals surface area (Å²) in [6.45, 7) is 1.70. The fraction of sp³-hybridized carbons (Fsp3) is 0.350. The van der Waals surface area contributed by atoms with E-state index in [2.05, 4.69) is 17.4 Å². The van der Waals surface area contributed by atoms with Crippen molar-refractivity contribution < 1.29 is 14.3 Å². The SMILES string of the molecule is COc1ccc2c(c1)[C@@H]1CN(C(=O)OCc3ccccc3)CC[C@@H]1N2. The lowest BCUT2D eigenvalue weighted by Crippen LogP contribution is -2.45. The maximum absolute atomic E-state index is 12.5. The number of fused-ring (bicyclic) bond motifs is 3. The van der Waals surface area contributed by atoms with Gasteiger partial charge in [0.1, 0.15) is 12.4 Å². The van der Waals surface area contributed by atoms with Crippen molar-refractivity contribution in [3.63, 3.8) is 0 Å². The third kappa shape index (κ3) is 3.14. The Bertz CT molecular complexity index is 763. The fourth-order valence-electron chi connectivity index (χ4n) is 3.72. The molecule has 130 valence electrons. The molecule has 1 saturated heterocycles. The molecule has 5 heteroatoms. The monoisotopic (exact) mass is 338 g/mol. The van der Waals surface area contributed by atoms with E-state index in [1.807, 2.05) is 41.3 Å². The summed E-state index contributed by atoms with van der Waals surface area (Å²) < 4.78 is 10.8. The number of anilines is 1. The third-order valence-electron chi connectivity index (χ3n) is 5.08. The highest BCUT2D eigenvalue weighted by atomic mass is 16.6. The van der Waals surface area contributed by atoms with Crippen molar-refractivity contribution in [2.75, 3.05) is 25.5 Å². The minimum absolute atomic E-state index is 0.237. The van der Waals surface area contributed by atoms with Gasteiger partial charge in [-0.05, 0) is 35.7 Å². The number of hydrogen-bond donors (Lipinski definition) is 1. The number of nitrogens with zero attached hydrogens (tertiary/aromatic N) is 1. The Balaban J connectivity index is 1.43. The first kappa shape index (κ1) is 15.8. The summed E-state index contributed by atoms with van der Waals surface area (Å²) >= 11 is 0. The van der Waals surface area contributed by atoms with Gasteiger partial charge in [-0.1, -0.05) is 30.3 Å². The number of ether oxygens (including phenoxy) is 2. The van der Waals surface area contributed by atoms with Crippen molar-refractivity contribution in [3.8, 4) is 5.75 Å². The number of piperidine rings is 1. The molecule has 0 radical (unpaired) electrons. The standard InChI is InChI=1S/C20H22N2O3/c1-24-15-7-8-18-16(11-15)17-12-22(10-9-19(17)21-18)20(23)25-13-14-5-3-2-4-6-14/h2-8,11,17,19,21H,9-10,12-13H2,1H3/t17-,19-/m0/s1. The summed E-state index contributed by atoms with van der Waals surface area (Å²) in [6.07, 6.45) is 0.681. The van der Waals surface area contributed by atoms with Crippen LogP contribution in [0.15, 0.2) is 48.5 Å². The predicted molar refractivity (Wildman–Crippen MR) is 96.0 cm³/mol. The van der Waals surface area contributed by atoms with Crippen LogP contribution >= 0.6 is 0 Å². The molecule has 0 aliphatic carbocycles. The Morgan fingerprint density at radius 2 is 2.08 bits per heavy atom. The van der Waals surface area contributed by atoms with E-state index in [1.165, 1.54) is 5.56 Å². The van der Waals surface area contributed by atoms with Gasteiger partial charge in [0, 0.05) is 30.7 Å². The van der Waals surface area contributed by atoms with E-state index in [4.69, 9.17) is 9.47 Å². The Labute approximate surface area is 147 Å². The van der Waals surface area contributed by atoms with Crippen molar-refractivity contribution in [2.45, 2.75) is 25.0 Å². The largest absolute Gasteiger partial charge is 0.497 e. The highest BCUT2D eigenvalue weighted by Crippen LogP contribution is 2.41. The maximum atomic E-state index is 12.5. The van der Waals surface area contributed by atoms with E-state index in [0.717, 1.165) is 23.4 Å². The zero-order valence-electron chi connectivity index (χ0n) is 14.3. The first-order valence-electron chi connectivity index (χ1n) is 8.64. The van der Waals surface area contributed by atoms with Crippen molar-refractivity contribution in [1.29, 1.82) is 0 Å². The third-order valence-corrected chi connectivity index (χ3v) is 5.08. The number of carbonyl (C=O) groups excluding carboxylic acids is 1. The van der Waals surface area contributed by atoms with Crippen LogP contribution in [0.4, 0.5) is 10.5 Å². The van der Waals surface area contributed by atoms with Gasteiger partial charge in [0.05, 0.1) is 7.11 Å². The molecule has 2 heterocycles. The van der Waals surface area contributed by atoms with Gasteiger partial charge >= 0.3 is 6.09 Å². The van der Waals surface area contributed by atoms with Gasteiger partial charge in [0.15, 0.2) is 0 Å². The average Bonchev–Trinajstić information content (AvgIpc) is 3.03. The number of amides is 1. The van der Waals surface area contributed by atoms with E-state index in [1.54, 1.807) is 7.11 Å². The summed E-state index contributed by atoms with van der Waals surface area (Å²) in [7, 11) is 1.68. The predicted octanol–water partition coefficient (Wildman–Crippen LogP) is 3.62. The van der Waals surface area contributed by atoms with Crippen LogP contribution in [-0.2, 0) is 11.3 Å². The normalized spacial score (nSPS) is 21.1. The Morgan fingerprint density at radius 3 is 2.88 bits per heavy atom. The van der Waals surface area contributed by atoms with Crippen molar-refractivity contribution >= 4 is 11.8 Å². The van der Waals surface area contributed by atoms with E-state index in [0.29, 0.717) is 25.7 Å². The van der Waals surface area contributed by atoms with Gasteiger partial charge in [-0.25, -0.2) is 4.79 Å². The molecule has 2 aromatic carbocycles. The first-order valence-corrected chi connectivity index (χ1v) is 8.64. The van der Waals surface area contributed by atoms with E-state index < -0.39 is 0 Å². The molecule has 25 heavy (non-hydrogen) atoms. The van der Waals surface area contributed by atoms with Crippen molar-refractivity contribution in [2.24, 2.45) is 0 Å². The summed E-state index contributed by atoms with van der Waals surface area (Å²) in [6, 6.07) is 16.2. The van der Waals surface area contributed by atoms with E-state index in [-0.39, 0.29) is 12.0 Å². The van der Waals surface area contributed by atoms with Crippen LogP contribution in [0.5, 0.6) is 5.75 Å². The van der Waals surface area contributed by atoms with Crippen LogP contribution in [0.25, 0.3) is 0 Å². The second-order valence-electron chi connectivity index (χ2n) is 6.59. The molecular weight excluding hydrogens is 316 g/mol. The topological polar surface area (TPSA) is 50.8 Å². The number of carbonyl (C=O) groups is 1. The van der Waals surface area contributed by atoms with Crippen molar-refractivity contribution in [3.05, 3.63) is 59.7 Å². The molecule has 2 atom stereocenters. The quantitative estimate of drug-likeness (QED) is 0.929. The van der Waals surface area contributed by atoms with Gasteiger partial charge in [0.2, 0.25) is 0 Å². The molecule has 0 aromatic heterocycles. The van der Waals surface area contributed by atoms with Crippen LogP contribution < -0.4 is 10.1 Å². The molecular formula is C20H22N2O3. The lowest BCUT2D eigenvalue weighted by atomic mass is 9.89. The van der Waals surface area contributed by atoms with Gasteiger partial charge in [-0.15, -0.1) is 0 Å². The molecule has 1 fully saturated rings. The number of hydrogen-bond acceptors (Lipinski definition) is 4. The summed E-state index contributed by atoms with van der Waals surface area (Å²) in [5.41, 5.74) is 3.38. The van der Waals surface area contributed by atoms with E-state index in [9.17, 15) is 4.79 Å². The average molecular weight is 338 g/mol. The van der Waals surface area contributed by atoms with Crippen LogP contribution in [-0.4, -0.2) is 37.2 Å². The lowest BCUT2D eigenvalue weighted by molar-refractivity contribution is 0.0850. The first-order chi connectivity index (χ1) is 12.2. The maximum Gasteiger partial charge on any atom is 0.410 e. The minimum atomic E-state index is -0.237. The van der Waals surface area contributed by atoms with Gasteiger partial charge in [0.25, 0.3) is 0 Å². The van der Waals surface area contributed by atoms with Crippen molar-refractivity contribution in [1.82, 2.24) is 4.90 Å². The molecule has 2 aliphatic heterocycles. The highest BCUT2D eigenvalue weighted by molar-refractivity contribution is 5.69. The van der Waals surface area contributed by atoms with Crippen LogP contribution in [0.2, 0.25) is 0 Å². The number of benzene rings is 2. The number of nitrogens with one attached hydrogen (secondary N) is 1. The Hall–Kier alpha value is -2.69. The highest BCUT2D eigenvalue weighted by Gasteiger charge is 2.38. The zero-order valence-corrected chi connectivity index (χ0v) is 14.3. The molecule has 5 nitrogen and oxygen atoms in total. The lowest BCUT2D eigenvalue weighted by Gasteiger charge is -2.34. The smallest absolute Gasteiger partial charge is 0.410 e. The molecule has 0 bridgehead atoms. The molecule has 1 amide bonds. The van der Waals surface area contributed by atoms with Gasteiger partial charge < -0.3 is 19.7 Å². The van der Waals surface area contributed by atoms with Gasteiger partial charge in [-0.3, -0.25) is 0 Å². The molecule has 0 unspecified atom stereocenters. The molecule has 4 rings (SSSR count). The summed E-state index contributed by atoms with van der Waals surface area (Å²) in [5.74, 6) is 1.13.